The summed E-state index contributed by atoms with van der Waals surface area (Å²) in [4.78, 5) is 16.1. The van der Waals surface area contributed by atoms with Crippen molar-refractivity contribution in [1.29, 1.82) is 0 Å². The number of aromatic amines is 1. The first-order valence-corrected chi connectivity index (χ1v) is 8.56. The number of nitrogens with one attached hydrogen (secondary N) is 2. The number of nitrogen functional groups attached to an aromatic ring is 1. The Morgan fingerprint density at radius 3 is 2.43 bits per heavy atom. The number of aromatic nitrogens is 3. The van der Waals surface area contributed by atoms with Gasteiger partial charge in [0.25, 0.3) is 5.91 Å². The Morgan fingerprint density at radius 2 is 1.96 bits per heavy atom. The molecule has 0 unspecified atom stereocenters. The van der Waals surface area contributed by atoms with Crippen LogP contribution in [0.2, 0.25) is 0 Å². The SMILES string of the molecule is C[C@@H](NC(=O)c1ccc(N(C)S(C)(=O)=O)cc1)c1nc(N)n[nH]1. The smallest absolute Gasteiger partial charge is 0.251 e. The van der Waals surface area contributed by atoms with E-state index in [4.69, 9.17) is 5.73 Å². The van der Waals surface area contributed by atoms with E-state index in [9.17, 15) is 13.2 Å². The fourth-order valence-electron chi connectivity index (χ4n) is 1.84. The minimum atomic E-state index is -3.34. The maximum Gasteiger partial charge on any atom is 0.251 e. The molecule has 0 saturated carbocycles. The molecule has 0 aliphatic carbocycles. The highest BCUT2D eigenvalue weighted by Crippen LogP contribution is 2.17. The first kappa shape index (κ1) is 16.7. The zero-order valence-electron chi connectivity index (χ0n) is 12.9. The van der Waals surface area contributed by atoms with Crippen LogP contribution < -0.4 is 15.4 Å². The van der Waals surface area contributed by atoms with Crippen molar-refractivity contribution in [2.75, 3.05) is 23.3 Å². The summed E-state index contributed by atoms with van der Waals surface area (Å²) >= 11 is 0. The number of rotatable bonds is 5. The van der Waals surface area contributed by atoms with Gasteiger partial charge in [0, 0.05) is 12.6 Å². The van der Waals surface area contributed by atoms with Crippen LogP contribution in [0.5, 0.6) is 0 Å². The summed E-state index contributed by atoms with van der Waals surface area (Å²) in [5.41, 5.74) is 6.29. The van der Waals surface area contributed by atoms with Gasteiger partial charge in [-0.15, -0.1) is 5.10 Å². The normalized spacial score (nSPS) is 12.7. The third-order valence-corrected chi connectivity index (χ3v) is 4.47. The fraction of sp³-hybridized carbons (Fsp3) is 0.308. The van der Waals surface area contributed by atoms with Gasteiger partial charge in [0.1, 0.15) is 5.82 Å². The number of carbonyl (C=O) groups excluding carboxylic acids is 1. The van der Waals surface area contributed by atoms with Crippen molar-refractivity contribution in [1.82, 2.24) is 20.5 Å². The Hall–Kier alpha value is -2.62. The van der Waals surface area contributed by atoms with Crippen molar-refractivity contribution in [2.24, 2.45) is 0 Å². The van der Waals surface area contributed by atoms with Gasteiger partial charge in [-0.05, 0) is 31.2 Å². The topological polar surface area (TPSA) is 134 Å². The highest BCUT2D eigenvalue weighted by atomic mass is 32.2. The lowest BCUT2D eigenvalue weighted by Crippen LogP contribution is -2.28. The number of carbonyl (C=O) groups is 1. The van der Waals surface area contributed by atoms with Crippen molar-refractivity contribution >= 4 is 27.6 Å². The Balaban J connectivity index is 2.08. The second-order valence-corrected chi connectivity index (χ2v) is 7.07. The van der Waals surface area contributed by atoms with Crippen LogP contribution in [0.1, 0.15) is 29.1 Å². The molecule has 9 nitrogen and oxygen atoms in total. The number of benzene rings is 1. The van der Waals surface area contributed by atoms with Crippen molar-refractivity contribution in [3.8, 4) is 0 Å². The monoisotopic (exact) mass is 338 g/mol. The number of hydrogen-bond donors (Lipinski definition) is 3. The predicted molar refractivity (Wildman–Crippen MR) is 86.4 cm³/mol. The molecule has 0 aliphatic heterocycles. The van der Waals surface area contributed by atoms with E-state index in [1.165, 1.54) is 7.05 Å². The molecule has 0 aliphatic rings. The standard InChI is InChI=1S/C13H18N6O3S/c1-8(11-16-13(14)18-17-11)15-12(20)9-4-6-10(7-5-9)19(2)23(3,21)22/h4-8H,1-3H3,(H,15,20)(H3,14,16,17,18)/t8-/m1/s1. The second-order valence-electron chi connectivity index (χ2n) is 5.05. The summed E-state index contributed by atoms with van der Waals surface area (Å²) in [6.07, 6.45) is 1.11. The largest absolute Gasteiger partial charge is 0.367 e. The van der Waals surface area contributed by atoms with E-state index in [2.05, 4.69) is 20.5 Å². The fourth-order valence-corrected chi connectivity index (χ4v) is 2.35. The third-order valence-electron chi connectivity index (χ3n) is 3.27. The number of nitrogens with two attached hydrogens (primary N) is 1. The molecule has 1 aromatic carbocycles. The van der Waals surface area contributed by atoms with E-state index in [1.807, 2.05) is 0 Å². The van der Waals surface area contributed by atoms with Crippen LogP contribution in [0, 0.1) is 0 Å². The van der Waals surface area contributed by atoms with Crippen LogP contribution in [0.3, 0.4) is 0 Å². The van der Waals surface area contributed by atoms with Crippen LogP contribution in [0.25, 0.3) is 0 Å². The number of anilines is 2. The van der Waals surface area contributed by atoms with Crippen LogP contribution in [-0.2, 0) is 10.0 Å². The molecular weight excluding hydrogens is 320 g/mol. The number of H-pyrrole nitrogens is 1. The van der Waals surface area contributed by atoms with Crippen LogP contribution in [0.15, 0.2) is 24.3 Å². The van der Waals surface area contributed by atoms with Crippen LogP contribution >= 0.6 is 0 Å². The molecule has 2 aromatic rings. The molecule has 0 bridgehead atoms. The van der Waals surface area contributed by atoms with Gasteiger partial charge < -0.3 is 11.1 Å². The van der Waals surface area contributed by atoms with Gasteiger partial charge in [-0.3, -0.25) is 14.2 Å². The average molecular weight is 338 g/mol. The van der Waals surface area contributed by atoms with E-state index in [-0.39, 0.29) is 11.9 Å². The van der Waals surface area contributed by atoms with Crippen molar-refractivity contribution in [3.05, 3.63) is 35.7 Å². The summed E-state index contributed by atoms with van der Waals surface area (Å²) in [5, 5.41) is 9.07. The minimum absolute atomic E-state index is 0.106. The Labute approximate surface area is 134 Å². The molecule has 10 heteroatoms. The maximum absolute atomic E-state index is 12.2. The zero-order valence-corrected chi connectivity index (χ0v) is 13.8. The Bertz CT molecular complexity index is 799. The summed E-state index contributed by atoms with van der Waals surface area (Å²) in [6.45, 7) is 1.74. The molecule has 1 atom stereocenters. The molecule has 4 N–H and O–H groups in total. The van der Waals surface area contributed by atoms with E-state index in [1.54, 1.807) is 31.2 Å². The van der Waals surface area contributed by atoms with E-state index < -0.39 is 16.1 Å². The second kappa shape index (κ2) is 6.24. The van der Waals surface area contributed by atoms with Gasteiger partial charge in [-0.2, -0.15) is 4.98 Å². The molecule has 23 heavy (non-hydrogen) atoms. The van der Waals surface area contributed by atoms with Crippen LogP contribution in [0.4, 0.5) is 11.6 Å². The molecule has 1 amide bonds. The van der Waals surface area contributed by atoms with E-state index in [0.29, 0.717) is 17.1 Å². The first-order valence-electron chi connectivity index (χ1n) is 6.71. The molecule has 0 saturated heterocycles. The lowest BCUT2D eigenvalue weighted by molar-refractivity contribution is 0.0938. The van der Waals surface area contributed by atoms with Gasteiger partial charge in [0.05, 0.1) is 18.0 Å². The first-order chi connectivity index (χ1) is 10.7. The van der Waals surface area contributed by atoms with Crippen molar-refractivity contribution in [2.45, 2.75) is 13.0 Å². The zero-order chi connectivity index (χ0) is 17.2. The van der Waals surface area contributed by atoms with Gasteiger partial charge in [-0.25, -0.2) is 8.42 Å². The molecule has 0 spiro atoms. The summed E-state index contributed by atoms with van der Waals surface area (Å²) in [5.74, 6) is 0.236. The lowest BCUT2D eigenvalue weighted by atomic mass is 10.2. The Kier molecular flexibility index (Phi) is 4.55. The van der Waals surface area contributed by atoms with Crippen molar-refractivity contribution in [3.63, 3.8) is 0 Å². The molecule has 2 rings (SSSR count). The minimum Gasteiger partial charge on any atom is -0.367 e. The molecular formula is C13H18N6O3S. The Morgan fingerprint density at radius 1 is 1.35 bits per heavy atom. The van der Waals surface area contributed by atoms with Crippen molar-refractivity contribution < 1.29 is 13.2 Å². The average Bonchev–Trinajstić information content (AvgIpc) is 2.92. The highest BCUT2D eigenvalue weighted by Gasteiger charge is 2.16. The quantitative estimate of drug-likeness (QED) is 0.716. The molecule has 0 fully saturated rings. The number of sulfonamides is 1. The highest BCUT2D eigenvalue weighted by molar-refractivity contribution is 7.92. The summed E-state index contributed by atoms with van der Waals surface area (Å²) in [6, 6.07) is 5.83. The van der Waals surface area contributed by atoms with Gasteiger partial charge in [-0.1, -0.05) is 0 Å². The maximum atomic E-state index is 12.2. The predicted octanol–water partition coefficient (Wildman–Crippen LogP) is 0.274. The molecule has 0 radical (unpaired) electrons. The third kappa shape index (κ3) is 3.97. The number of nitrogens with zero attached hydrogens (tertiary/aromatic N) is 3. The lowest BCUT2D eigenvalue weighted by Gasteiger charge is -2.17. The number of hydrogen-bond acceptors (Lipinski definition) is 6. The van der Waals surface area contributed by atoms with E-state index >= 15 is 0 Å². The molecule has 124 valence electrons. The molecule has 1 aromatic heterocycles. The molecule has 1 heterocycles. The number of amides is 1. The summed E-state index contributed by atoms with van der Waals surface area (Å²) in [7, 11) is -1.89. The van der Waals surface area contributed by atoms with Crippen LogP contribution in [-0.4, -0.2) is 42.8 Å². The van der Waals surface area contributed by atoms with Gasteiger partial charge in [0.2, 0.25) is 16.0 Å². The van der Waals surface area contributed by atoms with E-state index in [0.717, 1.165) is 10.6 Å². The summed E-state index contributed by atoms with van der Waals surface area (Å²) < 4.78 is 24.1. The van der Waals surface area contributed by atoms with Gasteiger partial charge in [0.15, 0.2) is 0 Å². The van der Waals surface area contributed by atoms with Gasteiger partial charge >= 0.3 is 0 Å².